The van der Waals surface area contributed by atoms with Crippen molar-refractivity contribution in [3.63, 3.8) is 0 Å². The van der Waals surface area contributed by atoms with Crippen LogP contribution in [0.2, 0.25) is 0 Å². The van der Waals surface area contributed by atoms with E-state index in [2.05, 4.69) is 68.3 Å². The van der Waals surface area contributed by atoms with E-state index in [1.165, 1.54) is 5.57 Å². The van der Waals surface area contributed by atoms with Crippen molar-refractivity contribution in [2.45, 2.75) is 53.2 Å². The third-order valence-corrected chi connectivity index (χ3v) is 5.14. The molecule has 32 heavy (non-hydrogen) atoms. The lowest BCUT2D eigenvalue weighted by atomic mass is 10.0. The molecule has 174 valence electrons. The highest BCUT2D eigenvalue weighted by molar-refractivity contribution is 5.81. The van der Waals surface area contributed by atoms with E-state index in [1.54, 1.807) is 0 Å². The molecule has 0 heterocycles. The summed E-state index contributed by atoms with van der Waals surface area (Å²) in [7, 11) is 0. The maximum Gasteiger partial charge on any atom is 0.236 e. The predicted octanol–water partition coefficient (Wildman–Crippen LogP) is 4.92. The van der Waals surface area contributed by atoms with Crippen molar-refractivity contribution >= 4 is 11.6 Å². The van der Waals surface area contributed by atoms with E-state index in [-0.39, 0.29) is 5.91 Å². The smallest absolute Gasteiger partial charge is 0.236 e. The lowest BCUT2D eigenvalue weighted by molar-refractivity contribution is -0.122. The number of carbonyl (C=O) groups excluding carboxylic acids is 1. The molecule has 0 aliphatic rings. The maximum atomic E-state index is 12.1. The summed E-state index contributed by atoms with van der Waals surface area (Å²) in [5.41, 5.74) is 9.54. The van der Waals surface area contributed by atoms with Crippen LogP contribution < -0.4 is 20.7 Å². The minimum atomic E-state index is -0.430. The molecule has 0 aromatic heterocycles. The molecule has 2 aromatic carbocycles. The Labute approximate surface area is 193 Å². The lowest BCUT2D eigenvalue weighted by Gasteiger charge is -2.24. The number of allylic oxidation sites excluding steroid dienone is 1. The average molecular weight is 438 g/mol. The van der Waals surface area contributed by atoms with Crippen LogP contribution in [0.15, 0.2) is 66.2 Å². The molecule has 0 aliphatic carbocycles. The summed E-state index contributed by atoms with van der Waals surface area (Å²) in [4.78, 5) is 14.5. The SMILES string of the molecule is CC(C)=CCN(CCCNC(=O)C(N)CC(C)C)c1ccc(OCc2ccccc2)cc1. The van der Waals surface area contributed by atoms with Gasteiger partial charge in [0.15, 0.2) is 0 Å². The molecule has 1 unspecified atom stereocenters. The Bertz CT molecular complexity index is 828. The molecule has 0 aliphatic heterocycles. The zero-order chi connectivity index (χ0) is 23.3. The molecule has 0 saturated heterocycles. The summed E-state index contributed by atoms with van der Waals surface area (Å²) in [6.45, 7) is 11.2. The number of benzene rings is 2. The summed E-state index contributed by atoms with van der Waals surface area (Å²) in [5.74, 6) is 1.20. The fourth-order valence-corrected chi connectivity index (χ4v) is 3.34. The van der Waals surface area contributed by atoms with Crippen LogP contribution in [0.1, 0.15) is 46.1 Å². The lowest BCUT2D eigenvalue weighted by Crippen LogP contribution is -2.42. The molecule has 5 nitrogen and oxygen atoms in total. The minimum Gasteiger partial charge on any atom is -0.489 e. The van der Waals surface area contributed by atoms with Crippen LogP contribution in [-0.4, -0.2) is 31.6 Å². The van der Waals surface area contributed by atoms with Crippen molar-refractivity contribution in [2.75, 3.05) is 24.5 Å². The molecule has 5 heteroatoms. The first-order valence-electron chi connectivity index (χ1n) is 11.5. The molecule has 2 aromatic rings. The molecule has 2 rings (SSSR count). The van der Waals surface area contributed by atoms with Gasteiger partial charge in [-0.3, -0.25) is 4.79 Å². The van der Waals surface area contributed by atoms with Gasteiger partial charge in [0, 0.05) is 25.3 Å². The van der Waals surface area contributed by atoms with Crippen molar-refractivity contribution in [3.8, 4) is 5.75 Å². The van der Waals surface area contributed by atoms with Crippen LogP contribution in [0.4, 0.5) is 5.69 Å². The van der Waals surface area contributed by atoms with Gasteiger partial charge < -0.3 is 20.7 Å². The van der Waals surface area contributed by atoms with E-state index in [4.69, 9.17) is 10.5 Å². The summed E-state index contributed by atoms with van der Waals surface area (Å²) in [5, 5.41) is 2.97. The number of rotatable bonds is 13. The molecule has 0 bridgehead atoms. The quantitative estimate of drug-likeness (QED) is 0.345. The van der Waals surface area contributed by atoms with Crippen LogP contribution in [0, 0.1) is 5.92 Å². The Morgan fingerprint density at radius 3 is 2.41 bits per heavy atom. The van der Waals surface area contributed by atoms with Crippen LogP contribution in [-0.2, 0) is 11.4 Å². The van der Waals surface area contributed by atoms with Gasteiger partial charge in [-0.2, -0.15) is 0 Å². The second-order valence-electron chi connectivity index (χ2n) is 8.88. The molecular weight excluding hydrogens is 398 g/mol. The van der Waals surface area contributed by atoms with Gasteiger partial charge in [0.05, 0.1) is 6.04 Å². The van der Waals surface area contributed by atoms with Crippen LogP contribution in [0.3, 0.4) is 0 Å². The van der Waals surface area contributed by atoms with Gasteiger partial charge in [-0.25, -0.2) is 0 Å². The maximum absolute atomic E-state index is 12.1. The Hall–Kier alpha value is -2.79. The number of nitrogens with one attached hydrogen (secondary N) is 1. The second-order valence-corrected chi connectivity index (χ2v) is 8.88. The van der Waals surface area contributed by atoms with Gasteiger partial charge in [-0.05, 0) is 62.4 Å². The molecule has 0 fully saturated rings. The van der Waals surface area contributed by atoms with Crippen molar-refractivity contribution in [1.82, 2.24) is 5.32 Å². The van der Waals surface area contributed by atoms with Crippen molar-refractivity contribution in [3.05, 3.63) is 71.8 Å². The second kappa shape index (κ2) is 13.6. The molecule has 1 atom stereocenters. The number of nitrogens with zero attached hydrogens (tertiary/aromatic N) is 1. The van der Waals surface area contributed by atoms with Gasteiger partial charge in [0.25, 0.3) is 0 Å². The van der Waals surface area contributed by atoms with Crippen LogP contribution in [0.5, 0.6) is 5.75 Å². The zero-order valence-corrected chi connectivity index (χ0v) is 20.0. The van der Waals surface area contributed by atoms with Crippen molar-refractivity contribution < 1.29 is 9.53 Å². The minimum absolute atomic E-state index is 0.0607. The number of carbonyl (C=O) groups is 1. The Kier molecular flexibility index (Phi) is 10.8. The van der Waals surface area contributed by atoms with E-state index in [0.29, 0.717) is 25.5 Å². The summed E-state index contributed by atoms with van der Waals surface area (Å²) >= 11 is 0. The first-order chi connectivity index (χ1) is 15.3. The van der Waals surface area contributed by atoms with E-state index in [1.807, 2.05) is 30.3 Å². The van der Waals surface area contributed by atoms with Gasteiger partial charge in [0.2, 0.25) is 5.91 Å². The fraction of sp³-hybridized carbons (Fsp3) is 0.444. The van der Waals surface area contributed by atoms with E-state index in [9.17, 15) is 4.79 Å². The van der Waals surface area contributed by atoms with E-state index in [0.717, 1.165) is 36.5 Å². The number of amides is 1. The highest BCUT2D eigenvalue weighted by Gasteiger charge is 2.14. The highest BCUT2D eigenvalue weighted by atomic mass is 16.5. The number of hydrogen-bond acceptors (Lipinski definition) is 4. The van der Waals surface area contributed by atoms with Gasteiger partial charge in [-0.15, -0.1) is 0 Å². The summed E-state index contributed by atoms with van der Waals surface area (Å²) in [6.07, 6.45) is 3.77. The Balaban J connectivity index is 1.88. The van der Waals surface area contributed by atoms with Crippen LogP contribution >= 0.6 is 0 Å². The first kappa shape index (κ1) is 25.5. The predicted molar refractivity (Wildman–Crippen MR) is 134 cm³/mol. The Morgan fingerprint density at radius 1 is 1.09 bits per heavy atom. The summed E-state index contributed by atoms with van der Waals surface area (Å²) in [6, 6.07) is 17.9. The third-order valence-electron chi connectivity index (χ3n) is 5.14. The first-order valence-corrected chi connectivity index (χ1v) is 11.5. The molecule has 0 spiro atoms. The van der Waals surface area contributed by atoms with Gasteiger partial charge in [-0.1, -0.05) is 55.8 Å². The third kappa shape index (κ3) is 9.56. The number of anilines is 1. The molecule has 1 amide bonds. The van der Waals surface area contributed by atoms with Crippen LogP contribution in [0.25, 0.3) is 0 Å². The highest BCUT2D eigenvalue weighted by Crippen LogP contribution is 2.21. The molecule has 3 N–H and O–H groups in total. The Morgan fingerprint density at radius 2 is 1.78 bits per heavy atom. The number of nitrogens with two attached hydrogens (primary N) is 1. The van der Waals surface area contributed by atoms with Crippen molar-refractivity contribution in [1.29, 1.82) is 0 Å². The number of hydrogen-bond donors (Lipinski definition) is 2. The normalized spacial score (nSPS) is 11.7. The van der Waals surface area contributed by atoms with Gasteiger partial charge >= 0.3 is 0 Å². The topological polar surface area (TPSA) is 67.6 Å². The van der Waals surface area contributed by atoms with E-state index >= 15 is 0 Å². The standard InChI is InChI=1S/C27H39N3O2/c1-21(2)15-18-30(17-8-16-29-27(31)26(28)19-22(3)4)24-11-13-25(14-12-24)32-20-23-9-6-5-7-10-23/h5-7,9-15,22,26H,8,16-20,28H2,1-4H3,(H,29,31). The molecule has 0 radical (unpaired) electrons. The largest absolute Gasteiger partial charge is 0.489 e. The van der Waals surface area contributed by atoms with Gasteiger partial charge in [0.1, 0.15) is 12.4 Å². The van der Waals surface area contributed by atoms with E-state index < -0.39 is 6.04 Å². The number of ether oxygens (including phenoxy) is 1. The summed E-state index contributed by atoms with van der Waals surface area (Å²) < 4.78 is 5.91. The fourth-order valence-electron chi connectivity index (χ4n) is 3.34. The van der Waals surface area contributed by atoms with Crippen molar-refractivity contribution in [2.24, 2.45) is 11.7 Å². The molecule has 0 saturated carbocycles. The zero-order valence-electron chi connectivity index (χ0n) is 20.0. The monoisotopic (exact) mass is 437 g/mol. The molecular formula is C27H39N3O2. The average Bonchev–Trinajstić information content (AvgIpc) is 2.77.